The SMILES string of the molecule is CC1CC(C(=O)NC(CCc2ccccc2)C(=O)O)CO1. The van der Waals surface area contributed by atoms with E-state index in [1.165, 1.54) is 0 Å². The molecule has 0 aliphatic carbocycles. The van der Waals surface area contributed by atoms with Crippen LogP contribution in [-0.2, 0) is 20.7 Å². The van der Waals surface area contributed by atoms with E-state index in [1.807, 2.05) is 37.3 Å². The quantitative estimate of drug-likeness (QED) is 0.835. The normalized spacial score (nSPS) is 22.7. The van der Waals surface area contributed by atoms with Gasteiger partial charge in [0.15, 0.2) is 0 Å². The van der Waals surface area contributed by atoms with Crippen LogP contribution in [0.4, 0.5) is 0 Å². The average Bonchev–Trinajstić information content (AvgIpc) is 2.90. The molecule has 5 nitrogen and oxygen atoms in total. The van der Waals surface area contributed by atoms with Crippen molar-refractivity contribution in [1.29, 1.82) is 0 Å². The molecule has 0 spiro atoms. The molecule has 2 rings (SSSR count). The van der Waals surface area contributed by atoms with Gasteiger partial charge in [0.1, 0.15) is 6.04 Å². The lowest BCUT2D eigenvalue weighted by Gasteiger charge is -2.16. The average molecular weight is 291 g/mol. The maximum absolute atomic E-state index is 12.1. The molecule has 5 heteroatoms. The predicted octanol–water partition coefficient (Wildman–Crippen LogP) is 1.61. The second-order valence-corrected chi connectivity index (χ2v) is 5.50. The number of carboxylic acids is 1. The summed E-state index contributed by atoms with van der Waals surface area (Å²) < 4.78 is 5.35. The lowest BCUT2D eigenvalue weighted by Crippen LogP contribution is -2.44. The molecule has 1 heterocycles. The summed E-state index contributed by atoms with van der Waals surface area (Å²) in [5, 5.41) is 11.9. The molecule has 1 aromatic rings. The van der Waals surface area contributed by atoms with Crippen molar-refractivity contribution in [2.75, 3.05) is 6.61 Å². The molecule has 3 unspecified atom stereocenters. The summed E-state index contributed by atoms with van der Waals surface area (Å²) in [4.78, 5) is 23.4. The number of carbonyl (C=O) groups excluding carboxylic acids is 1. The Balaban J connectivity index is 1.87. The van der Waals surface area contributed by atoms with E-state index in [-0.39, 0.29) is 17.9 Å². The highest BCUT2D eigenvalue weighted by atomic mass is 16.5. The van der Waals surface area contributed by atoms with E-state index >= 15 is 0 Å². The molecule has 1 saturated heterocycles. The van der Waals surface area contributed by atoms with Crippen LogP contribution in [0.5, 0.6) is 0 Å². The van der Waals surface area contributed by atoms with E-state index in [1.54, 1.807) is 0 Å². The fourth-order valence-electron chi connectivity index (χ4n) is 2.50. The molecule has 2 N–H and O–H groups in total. The van der Waals surface area contributed by atoms with Gasteiger partial charge in [0, 0.05) is 0 Å². The zero-order valence-electron chi connectivity index (χ0n) is 12.1. The van der Waals surface area contributed by atoms with Crippen molar-refractivity contribution >= 4 is 11.9 Å². The van der Waals surface area contributed by atoms with Crippen molar-refractivity contribution in [2.45, 2.75) is 38.3 Å². The molecule has 0 radical (unpaired) electrons. The lowest BCUT2D eigenvalue weighted by molar-refractivity contribution is -0.142. The molecule has 1 aliphatic heterocycles. The minimum absolute atomic E-state index is 0.0633. The topological polar surface area (TPSA) is 75.6 Å². The summed E-state index contributed by atoms with van der Waals surface area (Å²) in [6.45, 7) is 2.29. The standard InChI is InChI=1S/C16H21NO4/c1-11-9-13(10-21-11)15(18)17-14(16(19)20)8-7-12-5-3-2-4-6-12/h2-6,11,13-14H,7-10H2,1H3,(H,17,18)(H,19,20). The van der Waals surface area contributed by atoms with E-state index in [0.29, 0.717) is 25.9 Å². The fourth-order valence-corrected chi connectivity index (χ4v) is 2.50. The number of ether oxygens (including phenoxy) is 1. The monoisotopic (exact) mass is 291 g/mol. The maximum Gasteiger partial charge on any atom is 0.326 e. The number of hydrogen-bond acceptors (Lipinski definition) is 3. The third-order valence-corrected chi connectivity index (χ3v) is 3.75. The Kier molecular flexibility index (Phi) is 5.33. The first kappa shape index (κ1) is 15.5. The Labute approximate surface area is 124 Å². The van der Waals surface area contributed by atoms with Gasteiger partial charge in [0.25, 0.3) is 0 Å². The third-order valence-electron chi connectivity index (χ3n) is 3.75. The molecule has 1 aliphatic rings. The Morgan fingerprint density at radius 3 is 2.67 bits per heavy atom. The molecular weight excluding hydrogens is 270 g/mol. The maximum atomic E-state index is 12.1. The number of carboxylic acid groups (broad SMARTS) is 1. The number of hydrogen-bond donors (Lipinski definition) is 2. The number of amides is 1. The Bertz CT molecular complexity index is 488. The summed E-state index contributed by atoms with van der Waals surface area (Å²) in [5.74, 6) is -1.45. The zero-order valence-corrected chi connectivity index (χ0v) is 12.1. The number of nitrogens with one attached hydrogen (secondary N) is 1. The molecule has 3 atom stereocenters. The van der Waals surface area contributed by atoms with Crippen LogP contribution in [0, 0.1) is 5.92 Å². The van der Waals surface area contributed by atoms with Gasteiger partial charge in [-0.05, 0) is 31.7 Å². The highest BCUT2D eigenvalue weighted by Gasteiger charge is 2.30. The summed E-state index contributed by atoms with van der Waals surface area (Å²) in [6.07, 6.45) is 1.72. The second kappa shape index (κ2) is 7.22. The van der Waals surface area contributed by atoms with Crippen molar-refractivity contribution in [3.63, 3.8) is 0 Å². The van der Waals surface area contributed by atoms with Gasteiger partial charge in [-0.25, -0.2) is 4.79 Å². The highest BCUT2D eigenvalue weighted by molar-refractivity contribution is 5.85. The van der Waals surface area contributed by atoms with Crippen molar-refractivity contribution < 1.29 is 19.4 Å². The van der Waals surface area contributed by atoms with E-state index in [0.717, 1.165) is 5.56 Å². The van der Waals surface area contributed by atoms with Gasteiger partial charge in [0.2, 0.25) is 5.91 Å². The molecular formula is C16H21NO4. The Hall–Kier alpha value is -1.88. The number of aryl methyl sites for hydroxylation is 1. The van der Waals surface area contributed by atoms with E-state index < -0.39 is 12.0 Å². The van der Waals surface area contributed by atoms with Crippen molar-refractivity contribution in [1.82, 2.24) is 5.32 Å². The van der Waals surface area contributed by atoms with Crippen LogP contribution in [0.15, 0.2) is 30.3 Å². The van der Waals surface area contributed by atoms with Gasteiger partial charge in [0.05, 0.1) is 18.6 Å². The van der Waals surface area contributed by atoms with Gasteiger partial charge in [-0.15, -0.1) is 0 Å². The number of aliphatic carboxylic acids is 1. The van der Waals surface area contributed by atoms with Gasteiger partial charge in [-0.3, -0.25) is 4.79 Å². The predicted molar refractivity (Wildman–Crippen MR) is 77.9 cm³/mol. The first-order valence-electron chi connectivity index (χ1n) is 7.25. The summed E-state index contributed by atoms with van der Waals surface area (Å²) in [5.41, 5.74) is 1.07. The minimum Gasteiger partial charge on any atom is -0.480 e. The Morgan fingerprint density at radius 1 is 1.38 bits per heavy atom. The largest absolute Gasteiger partial charge is 0.480 e. The van der Waals surface area contributed by atoms with Crippen LogP contribution in [0.2, 0.25) is 0 Å². The van der Waals surface area contributed by atoms with Crippen LogP contribution < -0.4 is 5.32 Å². The molecule has 0 saturated carbocycles. The first-order chi connectivity index (χ1) is 10.1. The van der Waals surface area contributed by atoms with E-state index in [4.69, 9.17) is 4.74 Å². The highest BCUT2D eigenvalue weighted by Crippen LogP contribution is 2.19. The molecule has 1 fully saturated rings. The van der Waals surface area contributed by atoms with Crippen LogP contribution in [0.3, 0.4) is 0 Å². The van der Waals surface area contributed by atoms with Crippen LogP contribution in [0.25, 0.3) is 0 Å². The van der Waals surface area contributed by atoms with Crippen molar-refractivity contribution in [2.24, 2.45) is 5.92 Å². The van der Waals surface area contributed by atoms with Gasteiger partial charge >= 0.3 is 5.97 Å². The fraction of sp³-hybridized carbons (Fsp3) is 0.500. The van der Waals surface area contributed by atoms with Crippen molar-refractivity contribution in [3.8, 4) is 0 Å². The molecule has 21 heavy (non-hydrogen) atoms. The van der Waals surface area contributed by atoms with Crippen molar-refractivity contribution in [3.05, 3.63) is 35.9 Å². The van der Waals surface area contributed by atoms with E-state index in [2.05, 4.69) is 5.32 Å². The molecule has 1 amide bonds. The Morgan fingerprint density at radius 2 is 2.10 bits per heavy atom. The summed E-state index contributed by atoms with van der Waals surface area (Å²) in [6, 6.07) is 8.80. The number of rotatable bonds is 6. The van der Waals surface area contributed by atoms with Gasteiger partial charge in [-0.2, -0.15) is 0 Å². The van der Waals surface area contributed by atoms with Gasteiger partial charge < -0.3 is 15.2 Å². The zero-order chi connectivity index (χ0) is 15.2. The number of carbonyl (C=O) groups is 2. The minimum atomic E-state index is -0.994. The third kappa shape index (κ3) is 4.56. The molecule has 1 aromatic carbocycles. The molecule has 0 aromatic heterocycles. The van der Waals surface area contributed by atoms with Crippen LogP contribution >= 0.6 is 0 Å². The number of benzene rings is 1. The van der Waals surface area contributed by atoms with Crippen LogP contribution in [0.1, 0.15) is 25.3 Å². The smallest absolute Gasteiger partial charge is 0.326 e. The lowest BCUT2D eigenvalue weighted by atomic mass is 10.0. The second-order valence-electron chi connectivity index (χ2n) is 5.50. The molecule has 114 valence electrons. The van der Waals surface area contributed by atoms with Crippen LogP contribution in [-0.4, -0.2) is 35.7 Å². The molecule has 0 bridgehead atoms. The summed E-state index contributed by atoms with van der Waals surface area (Å²) in [7, 11) is 0. The van der Waals surface area contributed by atoms with Gasteiger partial charge in [-0.1, -0.05) is 30.3 Å². The first-order valence-corrected chi connectivity index (χ1v) is 7.25. The summed E-state index contributed by atoms with van der Waals surface area (Å²) >= 11 is 0. The van der Waals surface area contributed by atoms with E-state index in [9.17, 15) is 14.7 Å².